The molecule has 2 heteroatoms. The Bertz CT molecular complexity index is 82.2. The molecule has 0 aliphatic carbocycles. The van der Waals surface area contributed by atoms with Gasteiger partial charge in [-0.05, 0) is 0 Å². The summed E-state index contributed by atoms with van der Waals surface area (Å²) in [5.74, 6) is 0.616. The summed E-state index contributed by atoms with van der Waals surface area (Å²) in [5.41, 5.74) is 0. The van der Waals surface area contributed by atoms with E-state index in [1.165, 1.54) is 6.40 Å². The highest BCUT2D eigenvalue weighted by Crippen LogP contribution is 1.98. The van der Waals surface area contributed by atoms with Crippen molar-refractivity contribution in [2.45, 2.75) is 48.5 Å². The first-order chi connectivity index (χ1) is 6.39. The first-order valence-corrected chi connectivity index (χ1v) is 5.49. The van der Waals surface area contributed by atoms with Crippen molar-refractivity contribution in [3.63, 3.8) is 0 Å². The summed E-state index contributed by atoms with van der Waals surface area (Å²) in [6, 6.07) is 0. The van der Waals surface area contributed by atoms with E-state index >= 15 is 0 Å². The Labute approximate surface area is 84.4 Å². The van der Waals surface area contributed by atoms with Crippen LogP contribution in [0.4, 0.5) is 0 Å². The van der Waals surface area contributed by atoms with Crippen LogP contribution in [0.15, 0.2) is 4.99 Å². The molecule has 13 heavy (non-hydrogen) atoms. The Morgan fingerprint density at radius 1 is 1.08 bits per heavy atom. The molecular formula is C11H27NO. The molecule has 1 heterocycles. The van der Waals surface area contributed by atoms with Crippen molar-refractivity contribution < 1.29 is 4.74 Å². The van der Waals surface area contributed by atoms with Gasteiger partial charge in [0.15, 0.2) is 6.40 Å². The number of hydrogen-bond acceptors (Lipinski definition) is 2. The fourth-order valence-corrected chi connectivity index (χ4v) is 0.536. The standard InChI is InChI=1S/C5H9NO.3C2H6/c1-5-2-6-4-7-3-5;3*1-2/h4-5H,2-3H2,1H3;3*1-2H3. The minimum Gasteiger partial charge on any atom is -0.483 e. The summed E-state index contributed by atoms with van der Waals surface area (Å²) in [7, 11) is 0. The van der Waals surface area contributed by atoms with Gasteiger partial charge in [0.1, 0.15) is 0 Å². The van der Waals surface area contributed by atoms with Gasteiger partial charge in [-0.15, -0.1) is 0 Å². The molecule has 1 atom stereocenters. The van der Waals surface area contributed by atoms with Gasteiger partial charge in [0, 0.05) is 12.5 Å². The molecule has 0 aromatic carbocycles. The molecular weight excluding hydrogens is 162 g/mol. The van der Waals surface area contributed by atoms with Gasteiger partial charge in [0.25, 0.3) is 0 Å². The van der Waals surface area contributed by atoms with Crippen molar-refractivity contribution in [2.75, 3.05) is 13.2 Å². The van der Waals surface area contributed by atoms with Crippen molar-refractivity contribution in [2.24, 2.45) is 10.9 Å². The normalized spacial score (nSPS) is 17.3. The van der Waals surface area contributed by atoms with Gasteiger partial charge in [-0.1, -0.05) is 48.5 Å². The van der Waals surface area contributed by atoms with Crippen LogP contribution < -0.4 is 0 Å². The second-order valence-electron chi connectivity index (χ2n) is 1.91. The van der Waals surface area contributed by atoms with Gasteiger partial charge < -0.3 is 4.74 Å². The summed E-state index contributed by atoms with van der Waals surface area (Å²) >= 11 is 0. The lowest BCUT2D eigenvalue weighted by atomic mass is 10.2. The molecule has 0 saturated carbocycles. The summed E-state index contributed by atoms with van der Waals surface area (Å²) in [4.78, 5) is 3.91. The molecule has 1 aliphatic heterocycles. The lowest BCUT2D eigenvalue weighted by Gasteiger charge is -2.10. The van der Waals surface area contributed by atoms with Crippen LogP contribution in [0.1, 0.15) is 48.5 Å². The predicted molar refractivity (Wildman–Crippen MR) is 62.5 cm³/mol. The van der Waals surface area contributed by atoms with Crippen molar-refractivity contribution in [1.82, 2.24) is 0 Å². The van der Waals surface area contributed by atoms with E-state index in [2.05, 4.69) is 11.9 Å². The van der Waals surface area contributed by atoms with Crippen LogP contribution in [-0.2, 0) is 4.74 Å². The second kappa shape index (κ2) is 22.5. The molecule has 0 aromatic heterocycles. The second-order valence-corrected chi connectivity index (χ2v) is 1.91. The zero-order valence-corrected chi connectivity index (χ0v) is 10.4. The Balaban J connectivity index is -0.000000144. The smallest absolute Gasteiger partial charge is 0.169 e. The Hall–Kier alpha value is -0.530. The first kappa shape index (κ1) is 18.3. The minimum absolute atomic E-state index is 0.616. The molecule has 82 valence electrons. The van der Waals surface area contributed by atoms with Crippen LogP contribution in [0.3, 0.4) is 0 Å². The predicted octanol–water partition coefficient (Wildman–Crippen LogP) is 3.76. The molecule has 0 radical (unpaired) electrons. The van der Waals surface area contributed by atoms with E-state index in [1.807, 2.05) is 41.5 Å². The molecule has 0 bridgehead atoms. The van der Waals surface area contributed by atoms with Gasteiger partial charge in [-0.25, -0.2) is 0 Å². The topological polar surface area (TPSA) is 21.6 Å². The van der Waals surface area contributed by atoms with Gasteiger partial charge in [0.05, 0.1) is 6.61 Å². The third kappa shape index (κ3) is 18.4. The maximum atomic E-state index is 4.89. The summed E-state index contributed by atoms with van der Waals surface area (Å²) in [6.45, 7) is 15.9. The van der Waals surface area contributed by atoms with E-state index in [9.17, 15) is 0 Å². The van der Waals surface area contributed by atoms with E-state index in [0.29, 0.717) is 5.92 Å². The Morgan fingerprint density at radius 2 is 1.54 bits per heavy atom. The van der Waals surface area contributed by atoms with E-state index in [4.69, 9.17) is 4.74 Å². The summed E-state index contributed by atoms with van der Waals surface area (Å²) in [6.07, 6.45) is 1.53. The van der Waals surface area contributed by atoms with Gasteiger partial charge >= 0.3 is 0 Å². The Kier molecular flexibility index (Phi) is 31.7. The fourth-order valence-electron chi connectivity index (χ4n) is 0.536. The van der Waals surface area contributed by atoms with E-state index in [1.54, 1.807) is 0 Å². The van der Waals surface area contributed by atoms with Crippen molar-refractivity contribution in [1.29, 1.82) is 0 Å². The largest absolute Gasteiger partial charge is 0.483 e. The summed E-state index contributed by atoms with van der Waals surface area (Å²) in [5, 5.41) is 0. The van der Waals surface area contributed by atoms with Crippen LogP contribution in [0.25, 0.3) is 0 Å². The monoisotopic (exact) mass is 189 g/mol. The maximum Gasteiger partial charge on any atom is 0.169 e. The van der Waals surface area contributed by atoms with Crippen molar-refractivity contribution >= 4 is 6.40 Å². The van der Waals surface area contributed by atoms with Gasteiger partial charge in [-0.3, -0.25) is 4.99 Å². The van der Waals surface area contributed by atoms with Crippen molar-refractivity contribution in [3.05, 3.63) is 0 Å². The van der Waals surface area contributed by atoms with Crippen LogP contribution in [0.5, 0.6) is 0 Å². The Morgan fingerprint density at radius 3 is 1.69 bits per heavy atom. The van der Waals surface area contributed by atoms with Crippen LogP contribution in [0.2, 0.25) is 0 Å². The molecule has 2 nitrogen and oxygen atoms in total. The van der Waals surface area contributed by atoms with E-state index in [-0.39, 0.29) is 0 Å². The lowest BCUT2D eigenvalue weighted by Crippen LogP contribution is -2.13. The lowest BCUT2D eigenvalue weighted by molar-refractivity contribution is 0.244. The van der Waals surface area contributed by atoms with Crippen LogP contribution in [0, 0.1) is 5.92 Å². The molecule has 1 aliphatic rings. The maximum absolute atomic E-state index is 4.89. The van der Waals surface area contributed by atoms with Gasteiger partial charge in [-0.2, -0.15) is 0 Å². The number of nitrogens with zero attached hydrogens (tertiary/aromatic N) is 1. The zero-order valence-electron chi connectivity index (χ0n) is 10.4. The quantitative estimate of drug-likeness (QED) is 0.568. The third-order valence-electron chi connectivity index (χ3n) is 0.947. The minimum atomic E-state index is 0.616. The zero-order chi connectivity index (χ0) is 11.1. The average Bonchev–Trinajstić information content (AvgIpc) is 2.28. The molecule has 1 unspecified atom stereocenters. The summed E-state index contributed by atoms with van der Waals surface area (Å²) < 4.78 is 4.89. The highest BCUT2D eigenvalue weighted by molar-refractivity contribution is 5.46. The highest BCUT2D eigenvalue weighted by Gasteiger charge is 2.02. The van der Waals surface area contributed by atoms with Gasteiger partial charge in [0.2, 0.25) is 0 Å². The molecule has 0 N–H and O–H groups in total. The van der Waals surface area contributed by atoms with Crippen molar-refractivity contribution in [3.8, 4) is 0 Å². The van der Waals surface area contributed by atoms with Crippen LogP contribution >= 0.6 is 0 Å². The number of hydrogen-bond donors (Lipinski definition) is 0. The molecule has 0 fully saturated rings. The molecule has 0 spiro atoms. The van der Waals surface area contributed by atoms with E-state index in [0.717, 1.165) is 13.2 Å². The fraction of sp³-hybridized carbons (Fsp3) is 0.909. The number of ether oxygens (including phenoxy) is 1. The molecule has 1 rings (SSSR count). The average molecular weight is 189 g/mol. The third-order valence-corrected chi connectivity index (χ3v) is 0.947. The molecule has 0 aromatic rings. The van der Waals surface area contributed by atoms with Crippen LogP contribution in [-0.4, -0.2) is 19.6 Å². The SMILES string of the molecule is CC.CC.CC.CC1CN=COC1. The number of aliphatic imine (C=N–C) groups is 1. The molecule has 0 saturated heterocycles. The highest BCUT2D eigenvalue weighted by atomic mass is 16.5. The number of rotatable bonds is 0. The first-order valence-electron chi connectivity index (χ1n) is 5.49. The van der Waals surface area contributed by atoms with E-state index < -0.39 is 0 Å². The molecule has 0 amide bonds.